The van der Waals surface area contributed by atoms with Crippen LogP contribution in [0.3, 0.4) is 0 Å². The standard InChI is InChI=1S/C14H23N3O/c1-11(15)13-5-6-16-14(9-13)17(2)7-8-18-10-12-3-4-12/h5-6,9,11-12H,3-4,7-8,10,15H2,1-2H3/t11-/m0/s1. The molecule has 18 heavy (non-hydrogen) atoms. The largest absolute Gasteiger partial charge is 0.379 e. The highest BCUT2D eigenvalue weighted by Gasteiger charge is 2.21. The van der Waals surface area contributed by atoms with E-state index in [0.29, 0.717) is 0 Å². The lowest BCUT2D eigenvalue weighted by molar-refractivity contribution is 0.131. The molecule has 1 aromatic rings. The minimum atomic E-state index is 0.0475. The first-order valence-electron chi connectivity index (χ1n) is 6.67. The number of anilines is 1. The van der Waals surface area contributed by atoms with Crippen molar-refractivity contribution in [2.24, 2.45) is 11.7 Å². The van der Waals surface area contributed by atoms with Crippen LogP contribution in [0, 0.1) is 5.92 Å². The van der Waals surface area contributed by atoms with Crippen molar-refractivity contribution in [3.05, 3.63) is 23.9 Å². The number of rotatable bonds is 7. The summed E-state index contributed by atoms with van der Waals surface area (Å²) in [7, 11) is 2.04. The monoisotopic (exact) mass is 249 g/mol. The Labute approximate surface area is 109 Å². The Morgan fingerprint density at radius 3 is 3.00 bits per heavy atom. The molecule has 0 aliphatic heterocycles. The Morgan fingerprint density at radius 2 is 2.33 bits per heavy atom. The summed E-state index contributed by atoms with van der Waals surface area (Å²) in [4.78, 5) is 6.47. The molecule has 1 saturated carbocycles. The Morgan fingerprint density at radius 1 is 1.56 bits per heavy atom. The van der Waals surface area contributed by atoms with Crippen molar-refractivity contribution in [3.8, 4) is 0 Å². The van der Waals surface area contributed by atoms with Gasteiger partial charge < -0.3 is 15.4 Å². The predicted octanol–water partition coefficient (Wildman–Crippen LogP) is 1.96. The van der Waals surface area contributed by atoms with E-state index in [2.05, 4.69) is 9.88 Å². The number of nitrogens with zero attached hydrogens (tertiary/aromatic N) is 2. The third-order valence-corrected chi connectivity index (χ3v) is 3.31. The fraction of sp³-hybridized carbons (Fsp3) is 0.643. The summed E-state index contributed by atoms with van der Waals surface area (Å²) in [6.45, 7) is 4.53. The quantitative estimate of drug-likeness (QED) is 0.751. The van der Waals surface area contributed by atoms with E-state index in [1.807, 2.05) is 32.3 Å². The number of pyridine rings is 1. The molecule has 0 aromatic carbocycles. The van der Waals surface area contributed by atoms with Crippen molar-refractivity contribution in [1.82, 2.24) is 4.98 Å². The predicted molar refractivity (Wildman–Crippen MR) is 73.7 cm³/mol. The second-order valence-electron chi connectivity index (χ2n) is 5.18. The Kier molecular flexibility index (Phi) is 4.55. The van der Waals surface area contributed by atoms with Crippen LogP contribution in [0.4, 0.5) is 5.82 Å². The summed E-state index contributed by atoms with van der Waals surface area (Å²) >= 11 is 0. The number of likely N-dealkylation sites (N-methyl/N-ethyl adjacent to an activating group) is 1. The molecule has 4 nitrogen and oxygen atoms in total. The summed E-state index contributed by atoms with van der Waals surface area (Å²) in [5.41, 5.74) is 6.99. The third kappa shape index (κ3) is 3.96. The normalized spacial score (nSPS) is 16.6. The fourth-order valence-electron chi connectivity index (χ4n) is 1.78. The van der Waals surface area contributed by atoms with Crippen molar-refractivity contribution >= 4 is 5.82 Å². The van der Waals surface area contributed by atoms with E-state index < -0.39 is 0 Å². The highest BCUT2D eigenvalue weighted by molar-refractivity contribution is 5.40. The molecule has 2 N–H and O–H groups in total. The van der Waals surface area contributed by atoms with E-state index in [4.69, 9.17) is 10.5 Å². The molecule has 0 spiro atoms. The molecule has 1 heterocycles. The highest BCUT2D eigenvalue weighted by Crippen LogP contribution is 2.28. The minimum Gasteiger partial charge on any atom is -0.379 e. The molecule has 0 saturated heterocycles. The average molecular weight is 249 g/mol. The molecule has 4 heteroatoms. The first kappa shape index (κ1) is 13.3. The number of ether oxygens (including phenoxy) is 1. The summed E-state index contributed by atoms with van der Waals surface area (Å²) in [6.07, 6.45) is 4.50. The highest BCUT2D eigenvalue weighted by atomic mass is 16.5. The second kappa shape index (κ2) is 6.16. The zero-order valence-electron chi connectivity index (χ0n) is 11.3. The summed E-state index contributed by atoms with van der Waals surface area (Å²) in [5, 5.41) is 0. The molecule has 1 aliphatic carbocycles. The Hall–Kier alpha value is -1.13. The van der Waals surface area contributed by atoms with Crippen molar-refractivity contribution in [2.75, 3.05) is 31.7 Å². The molecular formula is C14H23N3O. The van der Waals surface area contributed by atoms with Gasteiger partial charge in [-0.2, -0.15) is 0 Å². The van der Waals surface area contributed by atoms with Crippen LogP contribution < -0.4 is 10.6 Å². The van der Waals surface area contributed by atoms with Crippen molar-refractivity contribution in [1.29, 1.82) is 0 Å². The van der Waals surface area contributed by atoms with Crippen LogP contribution in [-0.4, -0.2) is 31.8 Å². The second-order valence-corrected chi connectivity index (χ2v) is 5.18. The molecule has 0 bridgehead atoms. The zero-order valence-corrected chi connectivity index (χ0v) is 11.3. The van der Waals surface area contributed by atoms with Gasteiger partial charge in [0.2, 0.25) is 0 Å². The summed E-state index contributed by atoms with van der Waals surface area (Å²) < 4.78 is 5.63. The van der Waals surface area contributed by atoms with E-state index in [0.717, 1.165) is 37.1 Å². The van der Waals surface area contributed by atoms with Gasteiger partial charge in [0.25, 0.3) is 0 Å². The lowest BCUT2D eigenvalue weighted by Gasteiger charge is -2.19. The van der Waals surface area contributed by atoms with Crippen LogP contribution in [0.15, 0.2) is 18.3 Å². The lowest BCUT2D eigenvalue weighted by Crippen LogP contribution is -2.24. The van der Waals surface area contributed by atoms with E-state index in [1.165, 1.54) is 12.8 Å². The number of hydrogen-bond acceptors (Lipinski definition) is 4. The maximum atomic E-state index is 5.87. The maximum Gasteiger partial charge on any atom is 0.128 e. The molecule has 2 rings (SSSR count). The van der Waals surface area contributed by atoms with Gasteiger partial charge in [0, 0.05) is 32.4 Å². The maximum absolute atomic E-state index is 5.87. The van der Waals surface area contributed by atoms with E-state index in [9.17, 15) is 0 Å². The van der Waals surface area contributed by atoms with Gasteiger partial charge in [-0.05, 0) is 43.4 Å². The van der Waals surface area contributed by atoms with Gasteiger partial charge in [0.15, 0.2) is 0 Å². The van der Waals surface area contributed by atoms with Crippen LogP contribution >= 0.6 is 0 Å². The van der Waals surface area contributed by atoms with Crippen LogP contribution in [0.2, 0.25) is 0 Å². The molecule has 100 valence electrons. The molecule has 1 atom stereocenters. The molecule has 1 aromatic heterocycles. The number of aromatic nitrogens is 1. The topological polar surface area (TPSA) is 51.4 Å². The summed E-state index contributed by atoms with van der Waals surface area (Å²) in [5.74, 6) is 1.79. The first-order chi connectivity index (χ1) is 8.66. The van der Waals surface area contributed by atoms with E-state index >= 15 is 0 Å². The van der Waals surface area contributed by atoms with Crippen LogP contribution in [0.1, 0.15) is 31.4 Å². The average Bonchev–Trinajstić information content (AvgIpc) is 3.18. The van der Waals surface area contributed by atoms with E-state index in [1.54, 1.807) is 0 Å². The zero-order chi connectivity index (χ0) is 13.0. The summed E-state index contributed by atoms with van der Waals surface area (Å²) in [6, 6.07) is 4.06. The third-order valence-electron chi connectivity index (χ3n) is 3.31. The Bertz CT molecular complexity index is 377. The minimum absolute atomic E-state index is 0.0475. The van der Waals surface area contributed by atoms with Gasteiger partial charge in [0.05, 0.1) is 6.61 Å². The molecule has 1 aliphatic rings. The molecular weight excluding hydrogens is 226 g/mol. The lowest BCUT2D eigenvalue weighted by atomic mass is 10.1. The fourth-order valence-corrected chi connectivity index (χ4v) is 1.78. The van der Waals surface area contributed by atoms with Gasteiger partial charge in [-0.25, -0.2) is 4.98 Å². The van der Waals surface area contributed by atoms with E-state index in [-0.39, 0.29) is 6.04 Å². The van der Waals surface area contributed by atoms with Crippen molar-refractivity contribution < 1.29 is 4.74 Å². The molecule has 0 radical (unpaired) electrons. The van der Waals surface area contributed by atoms with Gasteiger partial charge in [0.1, 0.15) is 5.82 Å². The van der Waals surface area contributed by atoms with Crippen LogP contribution in [-0.2, 0) is 4.74 Å². The van der Waals surface area contributed by atoms with Crippen molar-refractivity contribution in [2.45, 2.75) is 25.8 Å². The van der Waals surface area contributed by atoms with Gasteiger partial charge in [-0.3, -0.25) is 0 Å². The van der Waals surface area contributed by atoms with Gasteiger partial charge in [-0.15, -0.1) is 0 Å². The smallest absolute Gasteiger partial charge is 0.128 e. The number of nitrogens with two attached hydrogens (primary N) is 1. The van der Waals surface area contributed by atoms with Gasteiger partial charge in [-0.1, -0.05) is 0 Å². The Balaban J connectivity index is 1.79. The molecule has 0 unspecified atom stereocenters. The van der Waals surface area contributed by atoms with Crippen LogP contribution in [0.25, 0.3) is 0 Å². The van der Waals surface area contributed by atoms with Crippen LogP contribution in [0.5, 0.6) is 0 Å². The SMILES string of the molecule is C[C@H](N)c1ccnc(N(C)CCOCC2CC2)c1. The molecule has 0 amide bonds. The number of hydrogen-bond donors (Lipinski definition) is 1. The van der Waals surface area contributed by atoms with Crippen molar-refractivity contribution in [3.63, 3.8) is 0 Å². The molecule has 1 fully saturated rings. The van der Waals surface area contributed by atoms with Gasteiger partial charge >= 0.3 is 0 Å². The first-order valence-corrected chi connectivity index (χ1v) is 6.67.